The second-order valence-electron chi connectivity index (χ2n) is 8.72. The lowest BCUT2D eigenvalue weighted by Gasteiger charge is -2.55. The fraction of sp³-hybridized carbons (Fsp3) is 0.895. The lowest BCUT2D eigenvalue weighted by Crippen LogP contribution is -2.54. The molecule has 4 bridgehead atoms. The van der Waals surface area contributed by atoms with E-state index in [2.05, 4.69) is 5.32 Å². The molecule has 0 spiro atoms. The number of rotatable bonds is 4. The number of morpholine rings is 1. The maximum Gasteiger partial charge on any atom is 0.226 e. The Labute approximate surface area is 144 Å². The van der Waals surface area contributed by atoms with E-state index >= 15 is 0 Å². The summed E-state index contributed by atoms with van der Waals surface area (Å²) in [6, 6.07) is 0. The van der Waals surface area contributed by atoms with Crippen LogP contribution in [0.25, 0.3) is 0 Å². The first-order valence-corrected chi connectivity index (χ1v) is 9.72. The number of hydrogen-bond acceptors (Lipinski definition) is 3. The predicted molar refractivity (Wildman–Crippen MR) is 90.2 cm³/mol. The average molecular weight is 334 g/mol. The van der Waals surface area contributed by atoms with Crippen LogP contribution in [-0.2, 0) is 14.3 Å². The summed E-state index contributed by atoms with van der Waals surface area (Å²) in [7, 11) is 0. The zero-order valence-electron chi connectivity index (χ0n) is 14.8. The molecular weight excluding hydrogens is 304 g/mol. The number of ether oxygens (including phenoxy) is 1. The number of carbonyl (C=O) groups excluding carboxylic acids is 2. The van der Waals surface area contributed by atoms with Crippen molar-refractivity contribution in [3.05, 3.63) is 0 Å². The molecule has 5 aliphatic rings. The van der Waals surface area contributed by atoms with E-state index < -0.39 is 0 Å². The molecule has 0 aromatic carbocycles. The molecule has 0 aromatic heterocycles. The van der Waals surface area contributed by atoms with E-state index in [0.717, 1.165) is 37.0 Å². The second-order valence-corrected chi connectivity index (χ2v) is 8.72. The highest BCUT2D eigenvalue weighted by atomic mass is 16.5. The van der Waals surface area contributed by atoms with Crippen LogP contribution in [0.2, 0.25) is 0 Å². The zero-order chi connectivity index (χ0) is 16.7. The van der Waals surface area contributed by atoms with Gasteiger partial charge in [0.25, 0.3) is 0 Å². The minimum absolute atomic E-state index is 0.106. The Hall–Kier alpha value is -1.10. The maximum absolute atomic E-state index is 12.9. The molecule has 1 unspecified atom stereocenters. The smallest absolute Gasteiger partial charge is 0.226 e. The van der Waals surface area contributed by atoms with Gasteiger partial charge in [0.15, 0.2) is 0 Å². The molecule has 0 radical (unpaired) electrons. The summed E-state index contributed by atoms with van der Waals surface area (Å²) in [5.41, 5.74) is -0.106. The number of amides is 2. The van der Waals surface area contributed by atoms with E-state index in [1.54, 1.807) is 0 Å². The largest absolute Gasteiger partial charge is 0.375 e. The van der Waals surface area contributed by atoms with Crippen LogP contribution in [0.15, 0.2) is 0 Å². The lowest BCUT2D eigenvalue weighted by atomic mass is 9.49. The predicted octanol–water partition coefficient (Wildman–Crippen LogP) is 1.96. The van der Waals surface area contributed by atoms with Crippen LogP contribution < -0.4 is 5.32 Å². The Morgan fingerprint density at radius 1 is 1.12 bits per heavy atom. The zero-order valence-corrected chi connectivity index (χ0v) is 14.8. The first kappa shape index (κ1) is 16.4. The molecule has 2 amide bonds. The quantitative estimate of drug-likeness (QED) is 0.855. The van der Waals surface area contributed by atoms with E-state index in [1.165, 1.54) is 19.3 Å². The fourth-order valence-corrected chi connectivity index (χ4v) is 6.06. The van der Waals surface area contributed by atoms with Gasteiger partial charge in [0.05, 0.1) is 12.7 Å². The van der Waals surface area contributed by atoms with Gasteiger partial charge >= 0.3 is 0 Å². The van der Waals surface area contributed by atoms with Crippen LogP contribution >= 0.6 is 0 Å². The van der Waals surface area contributed by atoms with Crippen molar-refractivity contribution in [1.29, 1.82) is 0 Å². The number of hydrogen-bond donors (Lipinski definition) is 1. The molecule has 5 heteroatoms. The van der Waals surface area contributed by atoms with Crippen LogP contribution in [0.3, 0.4) is 0 Å². The van der Waals surface area contributed by atoms with Gasteiger partial charge in [-0.3, -0.25) is 9.59 Å². The molecule has 5 nitrogen and oxygen atoms in total. The molecule has 1 heterocycles. The summed E-state index contributed by atoms with van der Waals surface area (Å²) >= 11 is 0. The van der Waals surface area contributed by atoms with Gasteiger partial charge in [-0.25, -0.2) is 0 Å². The van der Waals surface area contributed by atoms with Crippen molar-refractivity contribution >= 4 is 11.8 Å². The monoisotopic (exact) mass is 334 g/mol. The number of carbonyl (C=O) groups is 2. The van der Waals surface area contributed by atoms with E-state index in [0.29, 0.717) is 32.7 Å². The van der Waals surface area contributed by atoms with Crippen molar-refractivity contribution in [2.45, 2.75) is 58.0 Å². The van der Waals surface area contributed by atoms with Gasteiger partial charge in [-0.15, -0.1) is 0 Å². The maximum atomic E-state index is 12.9. The minimum atomic E-state index is -0.106. The normalized spacial score (nSPS) is 40.6. The molecule has 1 atom stereocenters. The van der Waals surface area contributed by atoms with Crippen molar-refractivity contribution in [2.75, 3.05) is 26.2 Å². The molecule has 24 heavy (non-hydrogen) atoms. The topological polar surface area (TPSA) is 58.6 Å². The summed E-state index contributed by atoms with van der Waals surface area (Å²) in [4.78, 5) is 27.0. The van der Waals surface area contributed by atoms with Gasteiger partial charge in [-0.05, 0) is 63.2 Å². The van der Waals surface area contributed by atoms with Gasteiger partial charge in [-0.1, -0.05) is 0 Å². The molecular formula is C19H30N2O3. The van der Waals surface area contributed by atoms with Gasteiger partial charge in [0.2, 0.25) is 11.8 Å². The Morgan fingerprint density at radius 2 is 1.75 bits per heavy atom. The highest BCUT2D eigenvalue weighted by Crippen LogP contribution is 2.60. The molecule has 4 saturated carbocycles. The van der Waals surface area contributed by atoms with Crippen LogP contribution in [0.5, 0.6) is 0 Å². The van der Waals surface area contributed by atoms with E-state index in [1.807, 2.05) is 11.8 Å². The SMILES string of the molecule is CC1CN(C(=O)CCNC(=O)C23CC4CC(CC(C4)C2)C3)CCO1. The Morgan fingerprint density at radius 3 is 2.33 bits per heavy atom. The van der Waals surface area contributed by atoms with E-state index in [4.69, 9.17) is 4.74 Å². The van der Waals surface area contributed by atoms with Crippen molar-refractivity contribution in [2.24, 2.45) is 23.2 Å². The molecule has 134 valence electrons. The van der Waals surface area contributed by atoms with Gasteiger partial charge < -0.3 is 15.0 Å². The summed E-state index contributed by atoms with van der Waals surface area (Å²) in [5, 5.41) is 3.10. The Balaban J connectivity index is 1.27. The highest BCUT2D eigenvalue weighted by molar-refractivity contribution is 5.84. The Bertz CT molecular complexity index is 483. The van der Waals surface area contributed by atoms with Crippen LogP contribution in [0, 0.1) is 23.2 Å². The standard InChI is InChI=1S/C19H30N2O3/c1-13-12-21(4-5-24-13)17(22)2-3-20-18(23)19-9-14-6-15(10-19)8-16(7-14)11-19/h13-16H,2-12H2,1H3,(H,20,23). The lowest BCUT2D eigenvalue weighted by molar-refractivity contribution is -0.146. The van der Waals surface area contributed by atoms with Crippen molar-refractivity contribution in [1.82, 2.24) is 10.2 Å². The van der Waals surface area contributed by atoms with Crippen molar-refractivity contribution < 1.29 is 14.3 Å². The molecule has 1 saturated heterocycles. The molecule has 5 fully saturated rings. The minimum Gasteiger partial charge on any atom is -0.375 e. The highest BCUT2D eigenvalue weighted by Gasteiger charge is 2.54. The van der Waals surface area contributed by atoms with E-state index in [-0.39, 0.29) is 23.3 Å². The third-order valence-corrected chi connectivity index (χ3v) is 6.74. The third-order valence-electron chi connectivity index (χ3n) is 6.74. The summed E-state index contributed by atoms with van der Waals surface area (Å²) in [6.07, 6.45) is 7.81. The second kappa shape index (κ2) is 6.32. The first-order chi connectivity index (χ1) is 11.5. The summed E-state index contributed by atoms with van der Waals surface area (Å²) < 4.78 is 5.47. The number of nitrogens with one attached hydrogen (secondary N) is 1. The number of nitrogens with zero attached hydrogens (tertiary/aromatic N) is 1. The third kappa shape index (κ3) is 3.07. The van der Waals surface area contributed by atoms with Gasteiger partial charge in [0, 0.05) is 31.5 Å². The molecule has 1 aliphatic heterocycles. The van der Waals surface area contributed by atoms with E-state index in [9.17, 15) is 9.59 Å². The molecule has 4 aliphatic carbocycles. The van der Waals surface area contributed by atoms with Crippen molar-refractivity contribution in [3.8, 4) is 0 Å². The summed E-state index contributed by atoms with van der Waals surface area (Å²) in [6.45, 7) is 4.43. The van der Waals surface area contributed by atoms with Gasteiger partial charge in [0.1, 0.15) is 0 Å². The molecule has 1 N–H and O–H groups in total. The molecule has 0 aromatic rings. The summed E-state index contributed by atoms with van der Waals surface area (Å²) in [5.74, 6) is 2.69. The van der Waals surface area contributed by atoms with Crippen LogP contribution in [0.1, 0.15) is 51.9 Å². The van der Waals surface area contributed by atoms with Crippen molar-refractivity contribution in [3.63, 3.8) is 0 Å². The average Bonchev–Trinajstić information content (AvgIpc) is 2.53. The molecule has 5 rings (SSSR count). The first-order valence-electron chi connectivity index (χ1n) is 9.72. The van der Waals surface area contributed by atoms with Crippen LogP contribution in [-0.4, -0.2) is 49.1 Å². The van der Waals surface area contributed by atoms with Crippen LogP contribution in [0.4, 0.5) is 0 Å². The Kier molecular flexibility index (Phi) is 4.31. The van der Waals surface area contributed by atoms with Gasteiger partial charge in [-0.2, -0.15) is 0 Å². The fourth-order valence-electron chi connectivity index (χ4n) is 6.06.